The summed E-state index contributed by atoms with van der Waals surface area (Å²) in [6.07, 6.45) is 3.61. The van der Waals surface area contributed by atoms with E-state index in [1.54, 1.807) is 12.3 Å². The fraction of sp³-hybridized carbons (Fsp3) is 0.464. The van der Waals surface area contributed by atoms with E-state index in [9.17, 15) is 18.0 Å². The summed E-state index contributed by atoms with van der Waals surface area (Å²) in [5.41, 5.74) is 3.96. The van der Waals surface area contributed by atoms with Crippen molar-refractivity contribution in [3.63, 3.8) is 0 Å². The second-order valence-corrected chi connectivity index (χ2v) is 12.4. The summed E-state index contributed by atoms with van der Waals surface area (Å²) < 4.78 is 38.6. The van der Waals surface area contributed by atoms with Crippen molar-refractivity contribution in [2.24, 2.45) is 0 Å². The summed E-state index contributed by atoms with van der Waals surface area (Å²) in [5, 5.41) is 9.92. The van der Waals surface area contributed by atoms with Crippen molar-refractivity contribution in [3.8, 4) is 11.1 Å². The number of hydrogen-bond donors (Lipinski definition) is 2. The molecule has 0 saturated carbocycles. The van der Waals surface area contributed by atoms with E-state index >= 15 is 0 Å². The molecule has 4 rings (SSSR count). The molecule has 0 aliphatic carbocycles. The van der Waals surface area contributed by atoms with Gasteiger partial charge in [0, 0.05) is 66.7 Å². The predicted octanol–water partition coefficient (Wildman–Crippen LogP) is 4.29. The fourth-order valence-corrected chi connectivity index (χ4v) is 6.08. The van der Waals surface area contributed by atoms with Crippen LogP contribution in [0.2, 0.25) is 0 Å². The summed E-state index contributed by atoms with van der Waals surface area (Å²) in [4.78, 5) is 26.4. The van der Waals surface area contributed by atoms with Gasteiger partial charge in [0.05, 0.1) is 11.3 Å². The SMILES string of the molecule is Cc1cc(-c2cc3cc4c(cc3oc2=O)N(CCCC(=O)O)C(C)(C)CC4C)cc[n+]1CCCS(=O)(=O)O. The van der Waals surface area contributed by atoms with Crippen LogP contribution in [-0.2, 0) is 21.5 Å². The number of anilines is 1. The van der Waals surface area contributed by atoms with E-state index in [1.807, 2.05) is 29.7 Å². The lowest BCUT2D eigenvalue weighted by molar-refractivity contribution is -0.702. The van der Waals surface area contributed by atoms with E-state index < -0.39 is 21.7 Å². The highest BCUT2D eigenvalue weighted by atomic mass is 32.2. The van der Waals surface area contributed by atoms with Crippen molar-refractivity contribution < 1.29 is 31.9 Å². The van der Waals surface area contributed by atoms with E-state index in [0.29, 0.717) is 36.2 Å². The largest absolute Gasteiger partial charge is 0.481 e. The number of nitrogens with zero attached hydrogens (tertiary/aromatic N) is 2. The Hall–Kier alpha value is -3.24. The number of pyridine rings is 1. The van der Waals surface area contributed by atoms with Gasteiger partial charge in [0.2, 0.25) is 0 Å². The number of carboxylic acids is 1. The summed E-state index contributed by atoms with van der Waals surface area (Å²) in [5.74, 6) is -0.854. The molecule has 2 aromatic heterocycles. The van der Waals surface area contributed by atoms with Gasteiger partial charge >= 0.3 is 11.6 Å². The molecule has 2 N–H and O–H groups in total. The number of fused-ring (bicyclic) bond motifs is 2. The van der Waals surface area contributed by atoms with Gasteiger partial charge in [-0.1, -0.05) is 6.92 Å². The lowest BCUT2D eigenvalue weighted by atomic mass is 9.79. The first-order valence-corrected chi connectivity index (χ1v) is 14.4. The van der Waals surface area contributed by atoms with Gasteiger partial charge in [-0.25, -0.2) is 9.36 Å². The third-order valence-corrected chi connectivity index (χ3v) is 8.18. The maximum Gasteiger partial charge on any atom is 0.344 e. The fourth-order valence-electron chi connectivity index (χ4n) is 5.59. The van der Waals surface area contributed by atoms with Gasteiger partial charge in [0.25, 0.3) is 10.1 Å². The summed E-state index contributed by atoms with van der Waals surface area (Å²) in [7, 11) is -4.01. The van der Waals surface area contributed by atoms with Gasteiger partial charge in [0.15, 0.2) is 11.9 Å². The van der Waals surface area contributed by atoms with Crippen molar-refractivity contribution >= 4 is 32.7 Å². The van der Waals surface area contributed by atoms with E-state index in [0.717, 1.165) is 28.8 Å². The highest BCUT2D eigenvalue weighted by molar-refractivity contribution is 7.85. The lowest BCUT2D eigenvalue weighted by Crippen LogP contribution is -2.48. The number of aromatic nitrogens is 1. The van der Waals surface area contributed by atoms with Crippen LogP contribution >= 0.6 is 0 Å². The van der Waals surface area contributed by atoms with Gasteiger partial charge in [-0.3, -0.25) is 9.35 Å². The average molecular weight is 544 g/mol. The van der Waals surface area contributed by atoms with Crippen LogP contribution in [0.25, 0.3) is 22.1 Å². The van der Waals surface area contributed by atoms with Crippen molar-refractivity contribution in [3.05, 3.63) is 58.2 Å². The number of aliphatic carboxylic acids is 1. The Bertz CT molecular complexity index is 1540. The number of carboxylic acid groups (broad SMARTS) is 1. The number of benzene rings is 1. The first kappa shape index (κ1) is 27.8. The van der Waals surface area contributed by atoms with Gasteiger partial charge < -0.3 is 14.4 Å². The van der Waals surface area contributed by atoms with Crippen LogP contribution in [-0.4, -0.2) is 41.9 Å². The molecule has 0 spiro atoms. The van der Waals surface area contributed by atoms with Crippen molar-refractivity contribution in [2.75, 3.05) is 17.2 Å². The first-order chi connectivity index (χ1) is 17.7. The van der Waals surface area contributed by atoms with Crippen LogP contribution in [0.4, 0.5) is 5.69 Å². The minimum absolute atomic E-state index is 0.0977. The molecule has 38 heavy (non-hydrogen) atoms. The lowest BCUT2D eigenvalue weighted by Gasteiger charge is -2.47. The van der Waals surface area contributed by atoms with Crippen molar-refractivity contribution in [1.82, 2.24) is 0 Å². The highest BCUT2D eigenvalue weighted by Crippen LogP contribution is 2.45. The molecule has 10 heteroatoms. The van der Waals surface area contributed by atoms with Crippen LogP contribution < -0.4 is 15.1 Å². The quantitative estimate of drug-likeness (QED) is 0.232. The van der Waals surface area contributed by atoms with Gasteiger partial charge in [0.1, 0.15) is 12.1 Å². The number of aryl methyl sites for hydroxylation is 2. The van der Waals surface area contributed by atoms with E-state index in [1.165, 1.54) is 0 Å². The molecule has 0 amide bonds. The topological polar surface area (TPSA) is 129 Å². The van der Waals surface area contributed by atoms with Crippen LogP contribution in [0.3, 0.4) is 0 Å². The minimum atomic E-state index is -4.01. The third kappa shape index (κ3) is 6.07. The third-order valence-electron chi connectivity index (χ3n) is 7.38. The van der Waals surface area contributed by atoms with Crippen LogP contribution in [0, 0.1) is 6.92 Å². The Morgan fingerprint density at radius 1 is 1.21 bits per heavy atom. The number of hydrogen-bond acceptors (Lipinski definition) is 6. The Balaban J connectivity index is 1.69. The second-order valence-electron chi connectivity index (χ2n) is 10.9. The molecule has 3 heterocycles. The average Bonchev–Trinajstić information content (AvgIpc) is 2.79. The molecular weight excluding hydrogens is 508 g/mol. The zero-order valence-electron chi connectivity index (χ0n) is 22.2. The number of rotatable bonds is 9. The molecule has 3 aromatic rings. The second kappa shape index (κ2) is 10.5. The molecule has 0 fully saturated rings. The van der Waals surface area contributed by atoms with E-state index in [4.69, 9.17) is 14.1 Å². The zero-order valence-corrected chi connectivity index (χ0v) is 23.0. The van der Waals surface area contributed by atoms with Gasteiger partial charge in [-0.2, -0.15) is 8.42 Å². The van der Waals surface area contributed by atoms with Crippen LogP contribution in [0.15, 0.2) is 45.7 Å². The molecule has 1 unspecified atom stereocenters. The summed E-state index contributed by atoms with van der Waals surface area (Å²) in [6.45, 7) is 9.38. The normalized spacial score (nSPS) is 17.0. The Morgan fingerprint density at radius 3 is 2.61 bits per heavy atom. The molecule has 0 bridgehead atoms. The number of carbonyl (C=O) groups is 1. The Kier molecular flexibility index (Phi) is 7.67. The van der Waals surface area contributed by atoms with Gasteiger partial charge in [-0.05, 0) is 50.3 Å². The molecule has 0 saturated heterocycles. The molecule has 204 valence electrons. The summed E-state index contributed by atoms with van der Waals surface area (Å²) >= 11 is 0. The highest BCUT2D eigenvalue weighted by Gasteiger charge is 2.36. The minimum Gasteiger partial charge on any atom is -0.481 e. The predicted molar refractivity (Wildman–Crippen MR) is 145 cm³/mol. The molecule has 1 aliphatic heterocycles. The molecule has 1 aromatic carbocycles. The van der Waals surface area contributed by atoms with Gasteiger partial charge in [-0.15, -0.1) is 0 Å². The Labute approximate surface area is 222 Å². The molecule has 1 atom stereocenters. The smallest absolute Gasteiger partial charge is 0.344 e. The Morgan fingerprint density at radius 2 is 1.95 bits per heavy atom. The van der Waals surface area contributed by atoms with E-state index in [-0.39, 0.29) is 30.1 Å². The maximum absolute atomic E-state index is 13.1. The van der Waals surface area contributed by atoms with Crippen molar-refractivity contribution in [2.45, 2.75) is 71.4 Å². The van der Waals surface area contributed by atoms with Crippen LogP contribution in [0.5, 0.6) is 0 Å². The zero-order chi connectivity index (χ0) is 27.8. The van der Waals surface area contributed by atoms with E-state index in [2.05, 4.69) is 31.7 Å². The van der Waals surface area contributed by atoms with Crippen molar-refractivity contribution in [1.29, 1.82) is 0 Å². The summed E-state index contributed by atoms with van der Waals surface area (Å²) in [6, 6.07) is 9.49. The van der Waals surface area contributed by atoms with Crippen LogP contribution in [0.1, 0.15) is 63.6 Å². The molecule has 0 radical (unpaired) electrons. The standard InChI is InChI=1S/C28H34N2O7S/c1-18-17-28(3,4)30(10-5-7-26(31)32)24-16-25-21(14-22(18)24)15-23(27(33)37-25)20-8-11-29(19(2)13-20)9-6-12-38(34,35)36/h8,11,13-16,18H,5-7,9-10,12,17H2,1-4H3,(H-,31,32,34,35,36)/p+1. The first-order valence-electron chi connectivity index (χ1n) is 12.8. The molecular formula is C28H35N2O7S+. The molecule has 9 nitrogen and oxygen atoms in total. The maximum atomic E-state index is 13.1. The molecule has 1 aliphatic rings. The monoisotopic (exact) mass is 543 g/mol.